The van der Waals surface area contributed by atoms with E-state index in [4.69, 9.17) is 9.84 Å². The number of nitrogens with one attached hydrogen (secondary N) is 1. The van der Waals surface area contributed by atoms with Crippen LogP contribution >= 0.6 is 0 Å². The maximum absolute atomic E-state index is 12.1. The zero-order chi connectivity index (χ0) is 18.4. The minimum atomic E-state index is -0.884. The summed E-state index contributed by atoms with van der Waals surface area (Å²) in [4.78, 5) is 27.2. The molecule has 7 heteroatoms. The molecule has 0 bridgehead atoms. The maximum Gasteiger partial charge on any atom is 0.407 e. The van der Waals surface area contributed by atoms with Crippen molar-refractivity contribution >= 4 is 12.1 Å². The molecule has 0 spiro atoms. The number of aromatic nitrogens is 2. The number of benzene rings is 1. The Morgan fingerprint density at radius 1 is 1.31 bits per heavy atom. The van der Waals surface area contributed by atoms with Gasteiger partial charge >= 0.3 is 12.1 Å². The van der Waals surface area contributed by atoms with Gasteiger partial charge < -0.3 is 19.7 Å². The van der Waals surface area contributed by atoms with Crippen molar-refractivity contribution in [2.75, 3.05) is 0 Å². The molecule has 7 nitrogen and oxygen atoms in total. The lowest BCUT2D eigenvalue weighted by atomic mass is 10.1. The minimum Gasteiger partial charge on any atom is -0.481 e. The van der Waals surface area contributed by atoms with Gasteiger partial charge in [0.1, 0.15) is 6.61 Å². The first-order valence-corrected chi connectivity index (χ1v) is 8.81. The third-order valence-electron chi connectivity index (χ3n) is 4.38. The highest BCUT2D eigenvalue weighted by Gasteiger charge is 2.26. The molecule has 3 rings (SSSR count). The Bertz CT molecular complexity index is 740. The molecule has 1 atom stereocenters. The Kier molecular flexibility index (Phi) is 5.88. The Morgan fingerprint density at radius 3 is 2.77 bits per heavy atom. The highest BCUT2D eigenvalue weighted by molar-refractivity contribution is 5.68. The van der Waals surface area contributed by atoms with Gasteiger partial charge in [-0.1, -0.05) is 30.3 Å². The topological polar surface area (TPSA) is 93.5 Å². The number of carboxylic acids is 1. The van der Waals surface area contributed by atoms with E-state index < -0.39 is 12.1 Å². The Balaban J connectivity index is 1.56. The molecule has 1 aromatic heterocycles. The molecule has 1 amide bonds. The van der Waals surface area contributed by atoms with Crippen molar-refractivity contribution in [2.24, 2.45) is 0 Å². The largest absolute Gasteiger partial charge is 0.481 e. The summed E-state index contributed by atoms with van der Waals surface area (Å²) in [5.41, 5.74) is 1.91. The zero-order valence-corrected chi connectivity index (χ0v) is 14.5. The summed E-state index contributed by atoms with van der Waals surface area (Å²) in [5, 5.41) is 11.8. The number of hydrogen-bond acceptors (Lipinski definition) is 4. The highest BCUT2D eigenvalue weighted by atomic mass is 16.5. The first-order valence-electron chi connectivity index (χ1n) is 8.81. The molecule has 1 fully saturated rings. The summed E-state index contributed by atoms with van der Waals surface area (Å²) in [7, 11) is 0. The van der Waals surface area contributed by atoms with Crippen LogP contribution in [-0.2, 0) is 22.6 Å². The Labute approximate surface area is 152 Å². The van der Waals surface area contributed by atoms with E-state index in [1.54, 1.807) is 12.5 Å². The van der Waals surface area contributed by atoms with Crippen LogP contribution in [0.1, 0.15) is 43.0 Å². The van der Waals surface area contributed by atoms with Crippen molar-refractivity contribution < 1.29 is 19.4 Å². The smallest absolute Gasteiger partial charge is 0.407 e. The van der Waals surface area contributed by atoms with Crippen LogP contribution in [0.5, 0.6) is 0 Å². The number of carbonyl (C=O) groups excluding carboxylic acids is 1. The first kappa shape index (κ1) is 18.0. The molecule has 1 aliphatic rings. The van der Waals surface area contributed by atoms with E-state index in [2.05, 4.69) is 14.9 Å². The molecule has 1 aromatic carbocycles. The number of aliphatic carboxylic acids is 1. The number of alkyl carbamates (subject to hydrolysis) is 1. The van der Waals surface area contributed by atoms with Crippen LogP contribution in [0, 0.1) is 0 Å². The van der Waals surface area contributed by atoms with Crippen LogP contribution in [-0.4, -0.2) is 32.8 Å². The summed E-state index contributed by atoms with van der Waals surface area (Å²) >= 11 is 0. The third-order valence-corrected chi connectivity index (χ3v) is 4.38. The Hall–Kier alpha value is -2.83. The fourth-order valence-corrected chi connectivity index (χ4v) is 2.88. The molecule has 1 saturated carbocycles. The van der Waals surface area contributed by atoms with Gasteiger partial charge in [-0.15, -0.1) is 0 Å². The van der Waals surface area contributed by atoms with E-state index in [1.807, 2.05) is 30.3 Å². The van der Waals surface area contributed by atoms with Gasteiger partial charge in [-0.25, -0.2) is 9.78 Å². The van der Waals surface area contributed by atoms with Crippen molar-refractivity contribution in [3.8, 4) is 0 Å². The number of carbonyl (C=O) groups is 2. The quantitative estimate of drug-likeness (QED) is 0.720. The van der Waals surface area contributed by atoms with Crippen molar-refractivity contribution in [1.29, 1.82) is 0 Å². The number of ether oxygens (including phenoxy) is 1. The van der Waals surface area contributed by atoms with E-state index in [0.717, 1.165) is 24.1 Å². The lowest BCUT2D eigenvalue weighted by molar-refractivity contribution is -0.137. The zero-order valence-electron chi connectivity index (χ0n) is 14.5. The number of carboxylic acid groups (broad SMARTS) is 1. The van der Waals surface area contributed by atoms with Crippen LogP contribution in [0.3, 0.4) is 0 Å². The predicted molar refractivity (Wildman–Crippen MR) is 94.6 cm³/mol. The average molecular weight is 357 g/mol. The molecule has 2 N–H and O–H groups in total. The van der Waals surface area contributed by atoms with Crippen LogP contribution < -0.4 is 5.32 Å². The lowest BCUT2D eigenvalue weighted by Gasteiger charge is -2.19. The molecule has 2 aromatic rings. The highest BCUT2D eigenvalue weighted by Crippen LogP contribution is 2.35. The third kappa shape index (κ3) is 5.34. The SMILES string of the molecule is O=C(O)CCC(Cc1cncn1C1CC1)NC(=O)OCc1ccccc1. The molecular weight excluding hydrogens is 334 g/mol. The summed E-state index contributed by atoms with van der Waals surface area (Å²) in [6.45, 7) is 0.179. The predicted octanol–water partition coefficient (Wildman–Crippen LogP) is 2.92. The van der Waals surface area contributed by atoms with Gasteiger partial charge in [0.15, 0.2) is 0 Å². The summed E-state index contributed by atoms with van der Waals surface area (Å²) in [5.74, 6) is -0.884. The normalized spacial score (nSPS) is 14.6. The van der Waals surface area contributed by atoms with Gasteiger partial charge in [0.2, 0.25) is 0 Å². The van der Waals surface area contributed by atoms with Crippen molar-refractivity contribution in [2.45, 2.75) is 50.8 Å². The molecule has 1 heterocycles. The first-order chi connectivity index (χ1) is 12.6. The second-order valence-electron chi connectivity index (χ2n) is 6.56. The standard InChI is InChI=1S/C19H23N3O4/c23-18(24)9-6-15(10-17-11-20-13-22(17)16-7-8-16)21-19(25)26-12-14-4-2-1-3-5-14/h1-5,11,13,15-16H,6-10,12H2,(H,21,25)(H,23,24). The molecule has 0 aliphatic heterocycles. The van der Waals surface area contributed by atoms with Gasteiger partial charge in [-0.05, 0) is 24.8 Å². The van der Waals surface area contributed by atoms with Crippen molar-refractivity contribution in [3.63, 3.8) is 0 Å². The number of imidazole rings is 1. The van der Waals surface area contributed by atoms with E-state index in [0.29, 0.717) is 18.9 Å². The monoisotopic (exact) mass is 357 g/mol. The van der Waals surface area contributed by atoms with Crippen LogP contribution in [0.25, 0.3) is 0 Å². The van der Waals surface area contributed by atoms with E-state index >= 15 is 0 Å². The molecule has 1 unspecified atom stereocenters. The van der Waals surface area contributed by atoms with Gasteiger partial charge in [-0.2, -0.15) is 0 Å². The Morgan fingerprint density at radius 2 is 2.08 bits per heavy atom. The maximum atomic E-state index is 12.1. The molecule has 1 aliphatic carbocycles. The van der Waals surface area contributed by atoms with Gasteiger partial charge in [0.05, 0.1) is 6.33 Å². The van der Waals surface area contributed by atoms with E-state index in [1.165, 1.54) is 0 Å². The number of amides is 1. The fraction of sp³-hybridized carbons (Fsp3) is 0.421. The minimum absolute atomic E-state index is 0.0127. The number of rotatable bonds is 9. The molecule has 138 valence electrons. The van der Waals surface area contributed by atoms with E-state index in [-0.39, 0.29) is 19.1 Å². The molecule has 26 heavy (non-hydrogen) atoms. The summed E-state index contributed by atoms with van der Waals surface area (Å²) in [6, 6.07) is 9.58. The summed E-state index contributed by atoms with van der Waals surface area (Å²) < 4.78 is 7.37. The van der Waals surface area contributed by atoms with E-state index in [9.17, 15) is 9.59 Å². The second kappa shape index (κ2) is 8.51. The van der Waals surface area contributed by atoms with Gasteiger partial charge in [0.25, 0.3) is 0 Å². The van der Waals surface area contributed by atoms with Crippen LogP contribution in [0.15, 0.2) is 42.9 Å². The van der Waals surface area contributed by atoms with Crippen LogP contribution in [0.4, 0.5) is 4.79 Å². The fourth-order valence-electron chi connectivity index (χ4n) is 2.88. The molecule has 0 radical (unpaired) electrons. The number of nitrogens with zero attached hydrogens (tertiary/aromatic N) is 2. The number of hydrogen-bond donors (Lipinski definition) is 2. The van der Waals surface area contributed by atoms with Crippen molar-refractivity contribution in [1.82, 2.24) is 14.9 Å². The average Bonchev–Trinajstić information content (AvgIpc) is 3.38. The summed E-state index contributed by atoms with van der Waals surface area (Å²) in [6.07, 6.45) is 6.17. The lowest BCUT2D eigenvalue weighted by Crippen LogP contribution is -2.37. The van der Waals surface area contributed by atoms with Gasteiger partial charge in [-0.3, -0.25) is 4.79 Å². The second-order valence-corrected chi connectivity index (χ2v) is 6.56. The molecular formula is C19H23N3O4. The van der Waals surface area contributed by atoms with Crippen LogP contribution in [0.2, 0.25) is 0 Å². The molecule has 0 saturated heterocycles. The van der Waals surface area contributed by atoms with Gasteiger partial charge in [0, 0.05) is 36.8 Å². The van der Waals surface area contributed by atoms with Crippen molar-refractivity contribution in [3.05, 3.63) is 54.1 Å².